The highest BCUT2D eigenvalue weighted by Crippen LogP contribution is 2.14. The van der Waals surface area contributed by atoms with E-state index in [2.05, 4.69) is 21.2 Å². The lowest BCUT2D eigenvalue weighted by Crippen LogP contribution is -2.41. The van der Waals surface area contributed by atoms with E-state index in [0.29, 0.717) is 13.0 Å². The van der Waals surface area contributed by atoms with E-state index in [9.17, 15) is 4.79 Å². The van der Waals surface area contributed by atoms with Crippen molar-refractivity contribution in [2.24, 2.45) is 0 Å². The van der Waals surface area contributed by atoms with Crippen molar-refractivity contribution in [3.63, 3.8) is 0 Å². The molecule has 2 N–H and O–H groups in total. The van der Waals surface area contributed by atoms with Crippen molar-refractivity contribution in [2.75, 3.05) is 6.54 Å². The molecule has 1 amide bonds. The van der Waals surface area contributed by atoms with Gasteiger partial charge in [0.15, 0.2) is 0 Å². The van der Waals surface area contributed by atoms with Crippen LogP contribution < -0.4 is 5.32 Å². The van der Waals surface area contributed by atoms with Crippen LogP contribution in [0, 0.1) is 0 Å². The third-order valence-electron chi connectivity index (χ3n) is 1.51. The molecule has 0 aromatic rings. The van der Waals surface area contributed by atoms with E-state index in [1.165, 1.54) is 0 Å². The van der Waals surface area contributed by atoms with Gasteiger partial charge in [0.05, 0.1) is 10.4 Å². The largest absolute Gasteiger partial charge is 0.391 e. The highest BCUT2D eigenvalue weighted by atomic mass is 79.9. The van der Waals surface area contributed by atoms with Gasteiger partial charge in [0.25, 0.3) is 0 Å². The maximum Gasteiger partial charge on any atom is 0.236 e. The smallest absolute Gasteiger partial charge is 0.236 e. The van der Waals surface area contributed by atoms with Crippen molar-refractivity contribution in [3.05, 3.63) is 0 Å². The molecular weight excluding hydrogens is 222 g/mol. The van der Waals surface area contributed by atoms with Gasteiger partial charge in [-0.3, -0.25) is 4.79 Å². The number of carbonyl (C=O) groups is 1. The molecule has 0 aromatic carbocycles. The topological polar surface area (TPSA) is 49.3 Å². The van der Waals surface area contributed by atoms with Gasteiger partial charge < -0.3 is 10.4 Å². The molecule has 0 aliphatic heterocycles. The summed E-state index contributed by atoms with van der Waals surface area (Å²) in [6.07, 6.45) is 0.215. The highest BCUT2D eigenvalue weighted by Gasteiger charge is 2.23. The minimum Gasteiger partial charge on any atom is -0.391 e. The zero-order chi connectivity index (χ0) is 9.78. The van der Waals surface area contributed by atoms with Crippen molar-refractivity contribution in [3.8, 4) is 0 Å². The zero-order valence-corrected chi connectivity index (χ0v) is 9.31. The molecular formula is C8H16BrNO2. The van der Waals surface area contributed by atoms with Crippen molar-refractivity contribution in [1.82, 2.24) is 5.32 Å². The molecule has 0 bridgehead atoms. The predicted molar refractivity (Wildman–Crippen MR) is 52.3 cm³/mol. The maximum atomic E-state index is 11.2. The summed E-state index contributed by atoms with van der Waals surface area (Å²) in [5.41, 5.74) is 0. The number of amides is 1. The number of halogens is 1. The van der Waals surface area contributed by atoms with E-state index in [-0.39, 0.29) is 5.91 Å². The van der Waals surface area contributed by atoms with Crippen LogP contribution in [-0.2, 0) is 4.79 Å². The molecule has 0 radical (unpaired) electrons. The lowest BCUT2D eigenvalue weighted by atomic mass is 10.2. The molecule has 1 atom stereocenters. The number of hydrogen-bond acceptors (Lipinski definition) is 2. The van der Waals surface area contributed by atoms with Gasteiger partial charge in [0, 0.05) is 6.54 Å². The van der Waals surface area contributed by atoms with Gasteiger partial charge in [-0.05, 0) is 20.3 Å². The van der Waals surface area contributed by atoms with Crippen LogP contribution >= 0.6 is 15.9 Å². The summed E-state index contributed by atoms with van der Waals surface area (Å²) >= 11 is 3.22. The van der Waals surface area contributed by atoms with E-state index in [1.807, 2.05) is 6.92 Å². The molecule has 72 valence electrons. The standard InChI is InChI=1S/C8H16BrNO2/c1-4-6(11)5-10-7(12)8(2,3)9/h6,11H,4-5H2,1-3H3,(H,10,12). The summed E-state index contributed by atoms with van der Waals surface area (Å²) in [6.45, 7) is 5.72. The van der Waals surface area contributed by atoms with Gasteiger partial charge in [-0.1, -0.05) is 22.9 Å². The second-order valence-electron chi connectivity index (χ2n) is 3.24. The first-order valence-electron chi connectivity index (χ1n) is 4.03. The normalized spacial score (nSPS) is 14.1. The SMILES string of the molecule is CCC(O)CNC(=O)C(C)(C)Br. The Morgan fingerprint density at radius 3 is 2.50 bits per heavy atom. The van der Waals surface area contributed by atoms with Gasteiger partial charge in [-0.25, -0.2) is 0 Å². The molecule has 3 nitrogen and oxygen atoms in total. The molecule has 0 saturated carbocycles. The fraction of sp³-hybridized carbons (Fsp3) is 0.875. The third kappa shape index (κ3) is 4.72. The number of carbonyl (C=O) groups excluding carboxylic acids is 1. The Hall–Kier alpha value is -0.0900. The number of aliphatic hydroxyl groups excluding tert-OH is 1. The lowest BCUT2D eigenvalue weighted by molar-refractivity contribution is -0.122. The maximum absolute atomic E-state index is 11.2. The average molecular weight is 238 g/mol. The molecule has 0 fully saturated rings. The second kappa shape index (κ2) is 4.82. The molecule has 0 rings (SSSR count). The summed E-state index contributed by atoms with van der Waals surface area (Å²) in [6, 6.07) is 0. The van der Waals surface area contributed by atoms with E-state index in [0.717, 1.165) is 0 Å². The van der Waals surface area contributed by atoms with E-state index in [1.54, 1.807) is 13.8 Å². The third-order valence-corrected chi connectivity index (χ3v) is 1.87. The van der Waals surface area contributed by atoms with E-state index < -0.39 is 10.4 Å². The molecule has 0 saturated heterocycles. The summed E-state index contributed by atoms with van der Waals surface area (Å²) in [4.78, 5) is 11.2. The molecule has 1 unspecified atom stereocenters. The fourth-order valence-electron chi connectivity index (χ4n) is 0.565. The summed E-state index contributed by atoms with van der Waals surface area (Å²) in [7, 11) is 0. The van der Waals surface area contributed by atoms with Gasteiger partial charge in [-0.15, -0.1) is 0 Å². The molecule has 12 heavy (non-hydrogen) atoms. The van der Waals surface area contributed by atoms with Crippen LogP contribution in [0.4, 0.5) is 0 Å². The molecule has 0 spiro atoms. The van der Waals surface area contributed by atoms with Crippen LogP contribution in [0.25, 0.3) is 0 Å². The van der Waals surface area contributed by atoms with Crippen LogP contribution in [0.15, 0.2) is 0 Å². The number of aliphatic hydroxyl groups is 1. The van der Waals surface area contributed by atoms with Crippen molar-refractivity contribution in [2.45, 2.75) is 37.6 Å². The van der Waals surface area contributed by atoms with Gasteiger partial charge in [-0.2, -0.15) is 0 Å². The minimum atomic E-state index is -0.555. The number of rotatable bonds is 4. The van der Waals surface area contributed by atoms with Crippen LogP contribution in [0.2, 0.25) is 0 Å². The Morgan fingerprint density at radius 1 is 1.67 bits per heavy atom. The minimum absolute atomic E-state index is 0.102. The number of hydrogen-bond donors (Lipinski definition) is 2. The van der Waals surface area contributed by atoms with Crippen molar-refractivity contribution in [1.29, 1.82) is 0 Å². The Bertz CT molecular complexity index is 154. The Morgan fingerprint density at radius 2 is 2.17 bits per heavy atom. The summed E-state index contributed by atoms with van der Waals surface area (Å²) in [5, 5.41) is 11.8. The van der Waals surface area contributed by atoms with Crippen LogP contribution in [0.3, 0.4) is 0 Å². The van der Waals surface area contributed by atoms with Crippen molar-refractivity contribution < 1.29 is 9.90 Å². The Balaban J connectivity index is 3.73. The van der Waals surface area contributed by atoms with Gasteiger partial charge in [0.1, 0.15) is 0 Å². The van der Waals surface area contributed by atoms with E-state index in [4.69, 9.17) is 5.11 Å². The van der Waals surface area contributed by atoms with Crippen molar-refractivity contribution >= 4 is 21.8 Å². The average Bonchev–Trinajstić information content (AvgIpc) is 1.97. The van der Waals surface area contributed by atoms with Gasteiger partial charge in [0.2, 0.25) is 5.91 Å². The molecule has 0 heterocycles. The van der Waals surface area contributed by atoms with Crippen LogP contribution in [0.5, 0.6) is 0 Å². The number of alkyl halides is 1. The molecule has 4 heteroatoms. The van der Waals surface area contributed by atoms with Gasteiger partial charge >= 0.3 is 0 Å². The van der Waals surface area contributed by atoms with E-state index >= 15 is 0 Å². The first kappa shape index (κ1) is 11.9. The Kier molecular flexibility index (Phi) is 4.78. The monoisotopic (exact) mass is 237 g/mol. The molecule has 0 aromatic heterocycles. The number of nitrogens with one attached hydrogen (secondary N) is 1. The fourth-order valence-corrected chi connectivity index (χ4v) is 0.705. The molecule has 0 aliphatic rings. The Labute approximate surface area is 81.7 Å². The van der Waals surface area contributed by atoms with Crippen LogP contribution in [-0.4, -0.2) is 28.0 Å². The van der Waals surface area contributed by atoms with Crippen LogP contribution in [0.1, 0.15) is 27.2 Å². The lowest BCUT2D eigenvalue weighted by Gasteiger charge is -2.17. The predicted octanol–water partition coefficient (Wildman–Crippen LogP) is 1.05. The second-order valence-corrected chi connectivity index (χ2v) is 5.23. The quantitative estimate of drug-likeness (QED) is 0.719. The first-order chi connectivity index (χ1) is 5.38. The zero-order valence-electron chi connectivity index (χ0n) is 7.72. The highest BCUT2D eigenvalue weighted by molar-refractivity contribution is 9.10. The summed E-state index contributed by atoms with van der Waals surface area (Å²) < 4.78 is -0.555. The molecule has 0 aliphatic carbocycles. The first-order valence-corrected chi connectivity index (χ1v) is 4.82. The summed E-state index contributed by atoms with van der Waals surface area (Å²) in [5.74, 6) is -0.102.